The van der Waals surface area contributed by atoms with Crippen LogP contribution in [-0.4, -0.2) is 23.5 Å². The Bertz CT molecular complexity index is 835. The summed E-state index contributed by atoms with van der Waals surface area (Å²) in [6, 6.07) is 12.2. The molecule has 150 valence electrons. The van der Waals surface area contributed by atoms with E-state index in [1.54, 1.807) is 6.07 Å². The van der Waals surface area contributed by atoms with Crippen LogP contribution >= 0.6 is 23.2 Å². The third-order valence-electron chi connectivity index (χ3n) is 6.45. The third kappa shape index (κ3) is 4.20. The number of hydrogen-bond donors (Lipinski definition) is 0. The molecule has 0 bridgehead atoms. The highest BCUT2D eigenvalue weighted by Crippen LogP contribution is 2.40. The number of nitrogens with zero attached hydrogens (tertiary/aromatic N) is 1. The lowest BCUT2D eigenvalue weighted by molar-refractivity contribution is 0.0340. The zero-order valence-corrected chi connectivity index (χ0v) is 18.2. The van der Waals surface area contributed by atoms with Crippen LogP contribution in [0.15, 0.2) is 36.4 Å². The smallest absolute Gasteiger partial charge is 0.120 e. The molecule has 1 aliphatic heterocycles. The number of fused-ring (bicyclic) bond motifs is 1. The van der Waals surface area contributed by atoms with E-state index in [0.29, 0.717) is 22.2 Å². The Morgan fingerprint density at radius 3 is 2.75 bits per heavy atom. The summed E-state index contributed by atoms with van der Waals surface area (Å²) in [6.45, 7) is 5.27. The third-order valence-corrected chi connectivity index (χ3v) is 7.04. The number of hydrogen-bond acceptors (Lipinski definition) is 2. The minimum absolute atomic E-state index is 0.389. The van der Waals surface area contributed by atoms with Crippen LogP contribution in [0, 0.1) is 0 Å². The van der Waals surface area contributed by atoms with Crippen molar-refractivity contribution in [2.75, 3.05) is 13.1 Å². The first-order valence-electron chi connectivity index (χ1n) is 10.5. The minimum Gasteiger partial charge on any atom is -0.489 e. The SMILES string of the molecule is CCCN1CCCCC12CCc1cc(OCc3ccc(Cl)cc3Cl)ccc1C2. The fourth-order valence-corrected chi connectivity index (χ4v) is 5.42. The molecule has 4 heteroatoms. The first-order valence-corrected chi connectivity index (χ1v) is 11.3. The molecule has 1 atom stereocenters. The average molecular weight is 418 g/mol. The zero-order valence-electron chi connectivity index (χ0n) is 16.6. The minimum atomic E-state index is 0.389. The van der Waals surface area contributed by atoms with Gasteiger partial charge in [-0.2, -0.15) is 0 Å². The van der Waals surface area contributed by atoms with Crippen LogP contribution in [0.4, 0.5) is 0 Å². The van der Waals surface area contributed by atoms with Gasteiger partial charge in [-0.1, -0.05) is 48.7 Å². The molecule has 0 radical (unpaired) electrons. The monoisotopic (exact) mass is 417 g/mol. The van der Waals surface area contributed by atoms with Crippen molar-refractivity contribution in [1.29, 1.82) is 0 Å². The molecular weight excluding hydrogens is 389 g/mol. The average Bonchev–Trinajstić information content (AvgIpc) is 2.69. The summed E-state index contributed by atoms with van der Waals surface area (Å²) in [5.41, 5.74) is 4.30. The maximum absolute atomic E-state index is 6.26. The molecule has 4 rings (SSSR count). The molecule has 2 nitrogen and oxygen atoms in total. The highest BCUT2D eigenvalue weighted by atomic mass is 35.5. The fraction of sp³-hybridized carbons (Fsp3) is 0.500. The molecule has 0 aromatic heterocycles. The Morgan fingerprint density at radius 2 is 1.93 bits per heavy atom. The van der Waals surface area contributed by atoms with Gasteiger partial charge in [0.1, 0.15) is 12.4 Å². The number of halogens is 2. The summed E-state index contributed by atoms with van der Waals surface area (Å²) in [7, 11) is 0. The van der Waals surface area contributed by atoms with Gasteiger partial charge in [-0.15, -0.1) is 0 Å². The molecule has 1 aliphatic carbocycles. The summed E-state index contributed by atoms with van der Waals surface area (Å²) in [5.74, 6) is 0.926. The number of aryl methyl sites for hydroxylation is 1. The second-order valence-electron chi connectivity index (χ2n) is 8.30. The molecule has 28 heavy (non-hydrogen) atoms. The second-order valence-corrected chi connectivity index (χ2v) is 9.14. The number of likely N-dealkylation sites (tertiary alicyclic amines) is 1. The molecular formula is C24H29Cl2NO. The van der Waals surface area contributed by atoms with E-state index in [9.17, 15) is 0 Å². The number of piperidine rings is 1. The lowest BCUT2D eigenvalue weighted by Crippen LogP contribution is -2.55. The van der Waals surface area contributed by atoms with E-state index in [4.69, 9.17) is 27.9 Å². The van der Waals surface area contributed by atoms with Crippen molar-refractivity contribution in [3.05, 3.63) is 63.1 Å². The van der Waals surface area contributed by atoms with E-state index in [-0.39, 0.29) is 0 Å². The van der Waals surface area contributed by atoms with Crippen molar-refractivity contribution in [3.63, 3.8) is 0 Å². The Morgan fingerprint density at radius 1 is 1.04 bits per heavy atom. The number of benzene rings is 2. The summed E-state index contributed by atoms with van der Waals surface area (Å²) in [4.78, 5) is 2.78. The largest absolute Gasteiger partial charge is 0.489 e. The van der Waals surface area contributed by atoms with E-state index < -0.39 is 0 Å². The van der Waals surface area contributed by atoms with Gasteiger partial charge in [-0.05, 0) is 87.0 Å². The van der Waals surface area contributed by atoms with Gasteiger partial charge in [-0.3, -0.25) is 4.90 Å². The van der Waals surface area contributed by atoms with E-state index in [1.165, 1.54) is 62.7 Å². The van der Waals surface area contributed by atoms with Gasteiger partial charge in [0.15, 0.2) is 0 Å². The Balaban J connectivity index is 1.46. The van der Waals surface area contributed by atoms with E-state index in [0.717, 1.165) is 17.7 Å². The molecule has 0 N–H and O–H groups in total. The van der Waals surface area contributed by atoms with Crippen LogP contribution in [0.5, 0.6) is 5.75 Å². The van der Waals surface area contributed by atoms with Crippen LogP contribution in [0.25, 0.3) is 0 Å². The topological polar surface area (TPSA) is 12.5 Å². The van der Waals surface area contributed by atoms with Gasteiger partial charge in [0, 0.05) is 21.1 Å². The van der Waals surface area contributed by atoms with Crippen LogP contribution in [0.1, 0.15) is 55.7 Å². The summed E-state index contributed by atoms with van der Waals surface area (Å²) in [6.07, 6.45) is 8.92. The molecule has 1 fully saturated rings. The van der Waals surface area contributed by atoms with Gasteiger partial charge >= 0.3 is 0 Å². The van der Waals surface area contributed by atoms with Crippen molar-refractivity contribution < 1.29 is 4.74 Å². The molecule has 1 heterocycles. The number of rotatable bonds is 5. The van der Waals surface area contributed by atoms with Crippen molar-refractivity contribution >= 4 is 23.2 Å². The van der Waals surface area contributed by atoms with Crippen molar-refractivity contribution in [2.45, 2.75) is 64.0 Å². The quantitative estimate of drug-likeness (QED) is 0.536. The molecule has 2 aromatic rings. The molecule has 0 amide bonds. The normalized spacial score (nSPS) is 22.2. The molecule has 2 aromatic carbocycles. The Labute approximate surface area is 178 Å². The fourth-order valence-electron chi connectivity index (χ4n) is 4.96. The Kier molecular flexibility index (Phi) is 6.20. The van der Waals surface area contributed by atoms with Crippen LogP contribution < -0.4 is 4.74 Å². The lowest BCUT2D eigenvalue weighted by Gasteiger charge is -2.50. The summed E-state index contributed by atoms with van der Waals surface area (Å²) in [5, 5.41) is 1.30. The predicted molar refractivity (Wildman–Crippen MR) is 118 cm³/mol. The highest BCUT2D eigenvalue weighted by molar-refractivity contribution is 6.35. The first kappa shape index (κ1) is 20.1. The van der Waals surface area contributed by atoms with E-state index >= 15 is 0 Å². The number of ether oxygens (including phenoxy) is 1. The predicted octanol–water partition coefficient (Wildman–Crippen LogP) is 6.70. The molecule has 2 aliphatic rings. The van der Waals surface area contributed by atoms with Gasteiger partial charge < -0.3 is 4.74 Å². The first-order chi connectivity index (χ1) is 13.6. The summed E-state index contributed by atoms with van der Waals surface area (Å²) >= 11 is 12.2. The van der Waals surface area contributed by atoms with E-state index in [1.807, 2.05) is 12.1 Å². The lowest BCUT2D eigenvalue weighted by atomic mass is 9.72. The maximum atomic E-state index is 6.26. The maximum Gasteiger partial charge on any atom is 0.120 e. The second kappa shape index (κ2) is 8.65. The zero-order chi connectivity index (χ0) is 19.6. The van der Waals surface area contributed by atoms with Gasteiger partial charge in [0.05, 0.1) is 0 Å². The van der Waals surface area contributed by atoms with Gasteiger partial charge in [-0.25, -0.2) is 0 Å². The molecule has 1 unspecified atom stereocenters. The standard InChI is InChI=1S/C24H29Cl2NO/c1-2-12-27-13-4-3-10-24(27)11-9-18-14-22(8-6-19(18)16-24)28-17-20-5-7-21(25)15-23(20)26/h5-8,14-15H,2-4,9-13,16-17H2,1H3. The van der Waals surface area contributed by atoms with Crippen molar-refractivity contribution in [3.8, 4) is 5.75 Å². The van der Waals surface area contributed by atoms with Crippen LogP contribution in [0.3, 0.4) is 0 Å². The van der Waals surface area contributed by atoms with Gasteiger partial charge in [0.2, 0.25) is 0 Å². The highest BCUT2D eigenvalue weighted by Gasteiger charge is 2.40. The van der Waals surface area contributed by atoms with Crippen molar-refractivity contribution in [1.82, 2.24) is 4.90 Å². The summed E-state index contributed by atoms with van der Waals surface area (Å²) < 4.78 is 6.04. The van der Waals surface area contributed by atoms with Crippen LogP contribution in [0.2, 0.25) is 10.0 Å². The molecule has 1 spiro atoms. The van der Waals surface area contributed by atoms with Crippen LogP contribution in [-0.2, 0) is 19.4 Å². The van der Waals surface area contributed by atoms with Gasteiger partial charge in [0.25, 0.3) is 0 Å². The van der Waals surface area contributed by atoms with E-state index in [2.05, 4.69) is 30.0 Å². The Hall–Kier alpha value is -1.22. The molecule has 0 saturated carbocycles. The molecule has 1 saturated heterocycles. The van der Waals surface area contributed by atoms with Crippen molar-refractivity contribution in [2.24, 2.45) is 0 Å².